The van der Waals surface area contributed by atoms with Crippen molar-refractivity contribution in [1.29, 1.82) is 0 Å². The Morgan fingerprint density at radius 1 is 1.35 bits per heavy atom. The molecule has 0 bridgehead atoms. The van der Waals surface area contributed by atoms with Crippen LogP contribution in [0.5, 0.6) is 0 Å². The minimum atomic E-state index is -3.40. The molecule has 2 rings (SSSR count). The van der Waals surface area contributed by atoms with Crippen molar-refractivity contribution in [2.75, 3.05) is 13.6 Å². The molecule has 1 aliphatic rings. The zero-order valence-corrected chi connectivity index (χ0v) is 13.3. The molecule has 112 valence electrons. The van der Waals surface area contributed by atoms with Gasteiger partial charge in [-0.15, -0.1) is 0 Å². The number of aryl methyl sites for hydroxylation is 1. The Morgan fingerprint density at radius 3 is 2.65 bits per heavy atom. The van der Waals surface area contributed by atoms with Gasteiger partial charge in [-0.3, -0.25) is 0 Å². The standard InChI is InChI=1S/C15H24N2O2S/c1-11-4-7-15(8-14(11)10-16-3)20(18,19)17-9-12(2)13-5-6-13/h4,7-8,12-13,16-17H,5-6,9-10H2,1-3H3. The zero-order valence-electron chi connectivity index (χ0n) is 12.4. The summed E-state index contributed by atoms with van der Waals surface area (Å²) in [6.07, 6.45) is 2.47. The number of hydrogen-bond donors (Lipinski definition) is 2. The summed E-state index contributed by atoms with van der Waals surface area (Å²) in [4.78, 5) is 0.358. The molecule has 1 fully saturated rings. The summed E-state index contributed by atoms with van der Waals surface area (Å²) in [5, 5.41) is 3.06. The SMILES string of the molecule is CNCc1cc(S(=O)(=O)NCC(C)C2CC2)ccc1C. The van der Waals surface area contributed by atoms with Crippen molar-refractivity contribution in [2.45, 2.75) is 38.1 Å². The van der Waals surface area contributed by atoms with Crippen molar-refractivity contribution in [3.8, 4) is 0 Å². The van der Waals surface area contributed by atoms with Gasteiger partial charge in [-0.2, -0.15) is 0 Å². The van der Waals surface area contributed by atoms with Crippen molar-refractivity contribution < 1.29 is 8.42 Å². The minimum absolute atomic E-state index is 0.358. The number of nitrogens with one attached hydrogen (secondary N) is 2. The van der Waals surface area contributed by atoms with E-state index < -0.39 is 10.0 Å². The van der Waals surface area contributed by atoms with E-state index in [4.69, 9.17) is 0 Å². The van der Waals surface area contributed by atoms with E-state index >= 15 is 0 Å². The van der Waals surface area contributed by atoms with Gasteiger partial charge in [0.1, 0.15) is 0 Å². The second-order valence-electron chi connectivity index (χ2n) is 5.79. The van der Waals surface area contributed by atoms with E-state index in [1.54, 1.807) is 12.1 Å². The highest BCUT2D eigenvalue weighted by Crippen LogP contribution is 2.36. The predicted molar refractivity (Wildman–Crippen MR) is 81.0 cm³/mol. The molecule has 1 atom stereocenters. The zero-order chi connectivity index (χ0) is 14.8. The molecule has 0 amide bonds. The molecule has 1 aromatic carbocycles. The average Bonchev–Trinajstić information content (AvgIpc) is 3.23. The van der Waals surface area contributed by atoms with Gasteiger partial charge >= 0.3 is 0 Å². The molecule has 1 saturated carbocycles. The van der Waals surface area contributed by atoms with Gasteiger partial charge in [0.2, 0.25) is 10.0 Å². The molecule has 0 radical (unpaired) electrons. The molecule has 1 unspecified atom stereocenters. The van der Waals surface area contributed by atoms with Crippen molar-refractivity contribution in [3.05, 3.63) is 29.3 Å². The topological polar surface area (TPSA) is 58.2 Å². The number of benzene rings is 1. The highest BCUT2D eigenvalue weighted by molar-refractivity contribution is 7.89. The molecule has 0 aliphatic heterocycles. The Kier molecular flexibility index (Phi) is 4.83. The largest absolute Gasteiger partial charge is 0.316 e. The lowest BCUT2D eigenvalue weighted by atomic mass is 10.1. The Bertz CT molecular complexity index is 565. The monoisotopic (exact) mass is 296 g/mol. The maximum absolute atomic E-state index is 12.3. The molecule has 0 spiro atoms. The van der Waals surface area contributed by atoms with Crippen LogP contribution in [-0.2, 0) is 16.6 Å². The fourth-order valence-electron chi connectivity index (χ4n) is 2.35. The lowest BCUT2D eigenvalue weighted by Gasteiger charge is -2.13. The molecule has 0 aromatic heterocycles. The van der Waals surface area contributed by atoms with Crippen molar-refractivity contribution in [3.63, 3.8) is 0 Å². The van der Waals surface area contributed by atoms with Crippen molar-refractivity contribution >= 4 is 10.0 Å². The third kappa shape index (κ3) is 3.81. The third-order valence-corrected chi connectivity index (χ3v) is 5.44. The predicted octanol–water partition coefficient (Wildman–Crippen LogP) is 2.04. The number of hydrogen-bond acceptors (Lipinski definition) is 3. The first-order valence-corrected chi connectivity index (χ1v) is 8.66. The van der Waals surface area contributed by atoms with Crippen LogP contribution in [0, 0.1) is 18.8 Å². The van der Waals surface area contributed by atoms with E-state index in [0.29, 0.717) is 29.8 Å². The third-order valence-electron chi connectivity index (χ3n) is 4.02. The van der Waals surface area contributed by atoms with Crippen LogP contribution >= 0.6 is 0 Å². The van der Waals surface area contributed by atoms with Crippen LogP contribution in [0.2, 0.25) is 0 Å². The molecule has 1 aromatic rings. The van der Waals surface area contributed by atoms with E-state index in [0.717, 1.165) is 11.1 Å². The average molecular weight is 296 g/mol. The summed E-state index contributed by atoms with van der Waals surface area (Å²) in [6, 6.07) is 5.31. The first-order chi connectivity index (χ1) is 9.44. The van der Waals surface area contributed by atoms with Gasteiger partial charge in [0.25, 0.3) is 0 Å². The Labute approximate surface area is 122 Å². The van der Waals surface area contributed by atoms with Gasteiger partial charge in [-0.1, -0.05) is 13.0 Å². The van der Waals surface area contributed by atoms with Gasteiger partial charge in [0.05, 0.1) is 4.90 Å². The number of sulfonamides is 1. The van der Waals surface area contributed by atoms with Crippen LogP contribution in [0.3, 0.4) is 0 Å². The van der Waals surface area contributed by atoms with E-state index in [1.165, 1.54) is 12.8 Å². The number of rotatable bonds is 7. The molecule has 2 N–H and O–H groups in total. The van der Waals surface area contributed by atoms with Gasteiger partial charge in [-0.25, -0.2) is 13.1 Å². The molecule has 20 heavy (non-hydrogen) atoms. The van der Waals surface area contributed by atoms with Crippen LogP contribution in [0.25, 0.3) is 0 Å². The summed E-state index contributed by atoms with van der Waals surface area (Å²) < 4.78 is 27.4. The second kappa shape index (κ2) is 6.24. The lowest BCUT2D eigenvalue weighted by molar-refractivity contribution is 0.492. The first-order valence-electron chi connectivity index (χ1n) is 7.18. The van der Waals surface area contributed by atoms with Crippen molar-refractivity contribution in [2.24, 2.45) is 11.8 Å². The Hall–Kier alpha value is -0.910. The highest BCUT2D eigenvalue weighted by atomic mass is 32.2. The molecular formula is C15H24N2O2S. The summed E-state index contributed by atoms with van der Waals surface area (Å²) in [7, 11) is -1.54. The maximum Gasteiger partial charge on any atom is 0.240 e. The van der Waals surface area contributed by atoms with E-state index in [9.17, 15) is 8.42 Å². The second-order valence-corrected chi connectivity index (χ2v) is 7.55. The van der Waals surface area contributed by atoms with E-state index in [1.807, 2.05) is 20.0 Å². The molecule has 0 heterocycles. The lowest BCUT2D eigenvalue weighted by Crippen LogP contribution is -2.29. The van der Waals surface area contributed by atoms with Gasteiger partial charge in [0, 0.05) is 13.1 Å². The highest BCUT2D eigenvalue weighted by Gasteiger charge is 2.28. The van der Waals surface area contributed by atoms with Crippen LogP contribution < -0.4 is 10.0 Å². The van der Waals surface area contributed by atoms with E-state index in [-0.39, 0.29) is 0 Å². The Balaban J connectivity index is 2.09. The van der Waals surface area contributed by atoms with Crippen LogP contribution in [0.4, 0.5) is 0 Å². The van der Waals surface area contributed by atoms with Crippen LogP contribution in [0.1, 0.15) is 30.9 Å². The summed E-state index contributed by atoms with van der Waals surface area (Å²) in [6.45, 7) is 5.31. The molecule has 0 saturated heterocycles. The smallest absolute Gasteiger partial charge is 0.240 e. The minimum Gasteiger partial charge on any atom is -0.316 e. The van der Waals surface area contributed by atoms with Gasteiger partial charge in [-0.05, 0) is 61.9 Å². The van der Waals surface area contributed by atoms with Crippen LogP contribution in [0.15, 0.2) is 23.1 Å². The fourth-order valence-corrected chi connectivity index (χ4v) is 3.55. The first kappa shape index (κ1) is 15.5. The molecule has 4 nitrogen and oxygen atoms in total. The molecule has 1 aliphatic carbocycles. The maximum atomic E-state index is 12.3. The summed E-state index contributed by atoms with van der Waals surface area (Å²) in [5.74, 6) is 1.13. The quantitative estimate of drug-likeness (QED) is 0.809. The molecular weight excluding hydrogens is 272 g/mol. The summed E-state index contributed by atoms with van der Waals surface area (Å²) >= 11 is 0. The normalized spacial score (nSPS) is 17.1. The van der Waals surface area contributed by atoms with Crippen LogP contribution in [-0.4, -0.2) is 22.0 Å². The van der Waals surface area contributed by atoms with E-state index in [2.05, 4.69) is 17.0 Å². The van der Waals surface area contributed by atoms with Gasteiger partial charge < -0.3 is 5.32 Å². The fraction of sp³-hybridized carbons (Fsp3) is 0.600. The summed E-state index contributed by atoms with van der Waals surface area (Å²) in [5.41, 5.74) is 2.12. The molecule has 5 heteroatoms. The Morgan fingerprint density at radius 2 is 2.05 bits per heavy atom. The van der Waals surface area contributed by atoms with Crippen molar-refractivity contribution in [1.82, 2.24) is 10.0 Å². The van der Waals surface area contributed by atoms with Gasteiger partial charge in [0.15, 0.2) is 0 Å².